The van der Waals surface area contributed by atoms with Gasteiger partial charge in [-0.05, 0) is 12.0 Å². The minimum Gasteiger partial charge on any atom is -0.498 e. The average molecular weight is 258 g/mol. The smallest absolute Gasteiger partial charge is 0.163 e. The fourth-order valence-electron chi connectivity index (χ4n) is 2.54. The van der Waals surface area contributed by atoms with Crippen molar-refractivity contribution in [1.29, 1.82) is 0 Å². The van der Waals surface area contributed by atoms with Gasteiger partial charge in [0.05, 0.1) is 7.11 Å². The second-order valence-corrected chi connectivity index (χ2v) is 4.68. The highest BCUT2D eigenvalue weighted by Crippen LogP contribution is 2.34. The molecule has 0 saturated carbocycles. The third-order valence-corrected chi connectivity index (χ3v) is 3.56. The Morgan fingerprint density at radius 1 is 1.42 bits per heavy atom. The van der Waals surface area contributed by atoms with Crippen molar-refractivity contribution in [2.75, 3.05) is 7.11 Å². The SMILES string of the molecule is C=CC(c1ccccc1)[C@@H]1C[C@H](O)C(OC)=CC1=O. The van der Waals surface area contributed by atoms with Crippen LogP contribution in [-0.2, 0) is 9.53 Å². The maximum absolute atomic E-state index is 12.2. The lowest BCUT2D eigenvalue weighted by atomic mass is 9.77. The second kappa shape index (κ2) is 5.85. The van der Waals surface area contributed by atoms with Gasteiger partial charge in [0, 0.05) is 17.9 Å². The third-order valence-electron chi connectivity index (χ3n) is 3.56. The fourth-order valence-corrected chi connectivity index (χ4v) is 2.54. The molecule has 0 fully saturated rings. The molecule has 1 aliphatic rings. The van der Waals surface area contributed by atoms with E-state index in [1.54, 1.807) is 6.08 Å². The van der Waals surface area contributed by atoms with Crippen molar-refractivity contribution in [2.45, 2.75) is 18.4 Å². The fraction of sp³-hybridized carbons (Fsp3) is 0.312. The van der Waals surface area contributed by atoms with Crippen LogP contribution < -0.4 is 0 Å². The number of hydrogen-bond donors (Lipinski definition) is 1. The Hall–Kier alpha value is -1.87. The Balaban J connectivity index is 2.28. The van der Waals surface area contributed by atoms with Crippen LogP contribution in [0.1, 0.15) is 17.9 Å². The molecule has 19 heavy (non-hydrogen) atoms. The molecular formula is C16H18O3. The van der Waals surface area contributed by atoms with Crippen molar-refractivity contribution >= 4 is 5.78 Å². The second-order valence-electron chi connectivity index (χ2n) is 4.68. The van der Waals surface area contributed by atoms with Crippen LogP contribution in [0.4, 0.5) is 0 Å². The molecule has 3 atom stereocenters. The van der Waals surface area contributed by atoms with Gasteiger partial charge in [-0.3, -0.25) is 4.79 Å². The molecule has 1 aromatic carbocycles. The normalized spacial score (nSPS) is 24.5. The molecule has 0 aliphatic heterocycles. The van der Waals surface area contributed by atoms with Crippen LogP contribution in [0.25, 0.3) is 0 Å². The molecule has 2 rings (SSSR count). The summed E-state index contributed by atoms with van der Waals surface area (Å²) in [6.45, 7) is 3.83. The summed E-state index contributed by atoms with van der Waals surface area (Å²) in [5, 5.41) is 9.97. The van der Waals surface area contributed by atoms with Gasteiger partial charge >= 0.3 is 0 Å². The third kappa shape index (κ3) is 2.76. The predicted molar refractivity (Wildman–Crippen MR) is 73.6 cm³/mol. The summed E-state index contributed by atoms with van der Waals surface area (Å²) in [7, 11) is 1.46. The molecule has 0 bridgehead atoms. The summed E-state index contributed by atoms with van der Waals surface area (Å²) in [4.78, 5) is 12.2. The standard InChI is InChI=1S/C16H18O3/c1-3-12(11-7-5-4-6-8-11)13-9-15(18)16(19-2)10-14(13)17/h3-8,10,12-13,15,18H,1,9H2,2H3/t12?,13-,15-/m0/s1. The molecule has 0 heterocycles. The van der Waals surface area contributed by atoms with Gasteiger partial charge in [-0.1, -0.05) is 36.4 Å². The minimum absolute atomic E-state index is 0.0177. The summed E-state index contributed by atoms with van der Waals surface area (Å²) in [6, 6.07) is 9.76. The number of aliphatic hydroxyl groups excluding tert-OH is 1. The van der Waals surface area contributed by atoms with Gasteiger partial charge in [-0.25, -0.2) is 0 Å². The average Bonchev–Trinajstić information content (AvgIpc) is 2.44. The Morgan fingerprint density at radius 3 is 2.68 bits per heavy atom. The molecule has 100 valence electrons. The van der Waals surface area contributed by atoms with Gasteiger partial charge in [0.15, 0.2) is 5.78 Å². The molecule has 1 N–H and O–H groups in total. The zero-order valence-corrected chi connectivity index (χ0v) is 11.0. The van der Waals surface area contributed by atoms with E-state index in [2.05, 4.69) is 6.58 Å². The molecule has 0 amide bonds. The van der Waals surface area contributed by atoms with E-state index < -0.39 is 6.10 Å². The number of hydrogen-bond acceptors (Lipinski definition) is 3. The maximum atomic E-state index is 12.2. The van der Waals surface area contributed by atoms with Gasteiger partial charge in [0.2, 0.25) is 0 Å². The highest BCUT2D eigenvalue weighted by atomic mass is 16.5. The monoisotopic (exact) mass is 258 g/mol. The Kier molecular flexibility index (Phi) is 4.17. The van der Waals surface area contributed by atoms with E-state index in [4.69, 9.17) is 4.74 Å². The molecule has 1 aliphatic carbocycles. The van der Waals surface area contributed by atoms with E-state index in [9.17, 15) is 9.90 Å². The van der Waals surface area contributed by atoms with E-state index in [1.165, 1.54) is 13.2 Å². The first-order valence-electron chi connectivity index (χ1n) is 6.32. The van der Waals surface area contributed by atoms with Crippen molar-refractivity contribution in [2.24, 2.45) is 5.92 Å². The van der Waals surface area contributed by atoms with Crippen LogP contribution in [0.15, 0.2) is 54.8 Å². The lowest BCUT2D eigenvalue weighted by Crippen LogP contribution is -2.31. The summed E-state index contributed by atoms with van der Waals surface area (Å²) < 4.78 is 5.01. The lowest BCUT2D eigenvalue weighted by Gasteiger charge is -2.29. The van der Waals surface area contributed by atoms with Crippen LogP contribution in [0, 0.1) is 5.92 Å². The van der Waals surface area contributed by atoms with Crippen LogP contribution in [0.5, 0.6) is 0 Å². The van der Waals surface area contributed by atoms with Crippen LogP contribution >= 0.6 is 0 Å². The number of aliphatic hydroxyl groups is 1. The molecule has 0 aromatic heterocycles. The Labute approximate surface area is 113 Å². The summed E-state index contributed by atoms with van der Waals surface area (Å²) >= 11 is 0. The van der Waals surface area contributed by atoms with Crippen molar-refractivity contribution in [3.63, 3.8) is 0 Å². The molecular weight excluding hydrogens is 240 g/mol. The van der Waals surface area contributed by atoms with E-state index in [0.29, 0.717) is 12.2 Å². The molecule has 0 spiro atoms. The lowest BCUT2D eigenvalue weighted by molar-refractivity contribution is -0.121. The van der Waals surface area contributed by atoms with E-state index in [-0.39, 0.29) is 17.6 Å². The summed E-state index contributed by atoms with van der Waals surface area (Å²) in [5.41, 5.74) is 1.04. The molecule has 1 aromatic rings. The van der Waals surface area contributed by atoms with Crippen LogP contribution in [-0.4, -0.2) is 24.1 Å². The quantitative estimate of drug-likeness (QED) is 0.844. The van der Waals surface area contributed by atoms with Crippen LogP contribution in [0.3, 0.4) is 0 Å². The first kappa shape index (κ1) is 13.6. The highest BCUT2D eigenvalue weighted by Gasteiger charge is 2.34. The van der Waals surface area contributed by atoms with Gasteiger partial charge < -0.3 is 9.84 Å². The Bertz CT molecular complexity index is 490. The number of ether oxygens (including phenoxy) is 1. The van der Waals surface area contributed by atoms with Crippen molar-refractivity contribution < 1.29 is 14.6 Å². The van der Waals surface area contributed by atoms with E-state index in [1.807, 2.05) is 30.3 Å². The van der Waals surface area contributed by atoms with Crippen LogP contribution in [0.2, 0.25) is 0 Å². The maximum Gasteiger partial charge on any atom is 0.163 e. The number of rotatable bonds is 4. The largest absolute Gasteiger partial charge is 0.498 e. The number of allylic oxidation sites excluding steroid dienone is 2. The van der Waals surface area contributed by atoms with Gasteiger partial charge in [0.1, 0.15) is 11.9 Å². The number of ketones is 1. The molecule has 0 radical (unpaired) electrons. The van der Waals surface area contributed by atoms with Crippen molar-refractivity contribution in [3.05, 3.63) is 60.4 Å². The van der Waals surface area contributed by atoms with E-state index >= 15 is 0 Å². The molecule has 1 unspecified atom stereocenters. The van der Waals surface area contributed by atoms with Crippen molar-refractivity contribution in [3.8, 4) is 0 Å². The predicted octanol–water partition coefficient (Wildman–Crippen LogP) is 2.44. The van der Waals surface area contributed by atoms with E-state index in [0.717, 1.165) is 5.56 Å². The van der Waals surface area contributed by atoms with Gasteiger partial charge in [-0.15, -0.1) is 6.58 Å². The molecule has 3 heteroatoms. The molecule has 3 nitrogen and oxygen atoms in total. The van der Waals surface area contributed by atoms with Gasteiger partial charge in [-0.2, -0.15) is 0 Å². The minimum atomic E-state index is -0.723. The number of carbonyl (C=O) groups excluding carboxylic acids is 1. The summed E-state index contributed by atoms with van der Waals surface area (Å²) in [5.74, 6) is -0.0418. The zero-order valence-electron chi connectivity index (χ0n) is 11.0. The highest BCUT2D eigenvalue weighted by molar-refractivity contribution is 5.94. The number of benzene rings is 1. The zero-order chi connectivity index (χ0) is 13.8. The Morgan fingerprint density at radius 2 is 2.11 bits per heavy atom. The topological polar surface area (TPSA) is 46.5 Å². The van der Waals surface area contributed by atoms with Gasteiger partial charge in [0.25, 0.3) is 0 Å². The van der Waals surface area contributed by atoms with Crippen molar-refractivity contribution in [1.82, 2.24) is 0 Å². The first-order chi connectivity index (χ1) is 9.17. The first-order valence-corrected chi connectivity index (χ1v) is 6.32. The number of carbonyl (C=O) groups is 1. The summed E-state index contributed by atoms with van der Waals surface area (Å²) in [6.07, 6.45) is 2.82. The number of methoxy groups -OCH3 is 1. The molecule has 0 saturated heterocycles.